The zero-order valence-corrected chi connectivity index (χ0v) is 12.8. The van der Waals surface area contributed by atoms with Crippen LogP contribution in [0.5, 0.6) is 0 Å². The van der Waals surface area contributed by atoms with Crippen LogP contribution in [-0.4, -0.2) is 28.5 Å². The molecule has 114 valence electrons. The molecule has 2 aromatic rings. The number of urea groups is 1. The van der Waals surface area contributed by atoms with E-state index in [0.29, 0.717) is 11.7 Å². The topological polar surface area (TPSA) is 84.0 Å². The molecule has 1 atom stereocenters. The van der Waals surface area contributed by atoms with Gasteiger partial charge in [-0.05, 0) is 18.6 Å². The van der Waals surface area contributed by atoms with Crippen LogP contribution in [0.2, 0.25) is 0 Å². The molecule has 0 aliphatic rings. The predicted molar refractivity (Wildman–Crippen MR) is 84.3 cm³/mol. The molecular formula is C15H16N4O2S. The lowest BCUT2D eigenvalue weighted by Crippen LogP contribution is -2.41. The van der Waals surface area contributed by atoms with E-state index in [2.05, 4.69) is 20.6 Å². The van der Waals surface area contributed by atoms with Gasteiger partial charge in [-0.2, -0.15) is 0 Å². The van der Waals surface area contributed by atoms with Crippen LogP contribution in [0.25, 0.3) is 0 Å². The molecule has 3 amide bonds. The number of carbonyl (C=O) groups excluding carboxylic acids is 2. The van der Waals surface area contributed by atoms with Crippen molar-refractivity contribution in [2.75, 3.05) is 6.54 Å². The summed E-state index contributed by atoms with van der Waals surface area (Å²) in [5.74, 6) is -0.408. The number of aromatic nitrogens is 2. The predicted octanol–water partition coefficient (Wildman–Crippen LogP) is 2.16. The smallest absolute Gasteiger partial charge is 0.321 e. The fourth-order valence-electron chi connectivity index (χ4n) is 1.73. The summed E-state index contributed by atoms with van der Waals surface area (Å²) in [7, 11) is 0. The Balaban J connectivity index is 2.18. The number of imide groups is 1. The van der Waals surface area contributed by atoms with Gasteiger partial charge in [-0.15, -0.1) is 0 Å². The summed E-state index contributed by atoms with van der Waals surface area (Å²) in [6, 6.07) is 10.4. The van der Waals surface area contributed by atoms with Crippen molar-refractivity contribution >= 4 is 23.7 Å². The average molecular weight is 316 g/mol. The highest BCUT2D eigenvalue weighted by Crippen LogP contribution is 2.33. The first kappa shape index (κ1) is 16.0. The average Bonchev–Trinajstić information content (AvgIpc) is 2.54. The van der Waals surface area contributed by atoms with Crippen molar-refractivity contribution in [1.82, 2.24) is 20.6 Å². The Morgan fingerprint density at radius 2 is 1.82 bits per heavy atom. The molecule has 0 fully saturated rings. The Morgan fingerprint density at radius 3 is 2.45 bits per heavy atom. The van der Waals surface area contributed by atoms with Gasteiger partial charge in [-0.25, -0.2) is 14.8 Å². The Labute approximate surface area is 132 Å². The fourth-order valence-corrected chi connectivity index (χ4v) is 2.65. The van der Waals surface area contributed by atoms with E-state index in [1.807, 2.05) is 30.3 Å². The molecule has 22 heavy (non-hydrogen) atoms. The first-order chi connectivity index (χ1) is 10.7. The molecule has 2 N–H and O–H groups in total. The minimum Gasteiger partial charge on any atom is -0.338 e. The van der Waals surface area contributed by atoms with Gasteiger partial charge >= 0.3 is 6.03 Å². The minimum absolute atomic E-state index is 0.408. The standard InChI is InChI=1S/C15H16N4O2S/c1-2-16-14(21)19-13(20)12(11-7-4-3-5-8-11)22-15-17-9-6-10-18-15/h3-10,12H,2H2,1H3,(H2,16,19,20,21)/t12-/m0/s1. The van der Waals surface area contributed by atoms with Crippen LogP contribution < -0.4 is 10.6 Å². The molecule has 0 spiro atoms. The number of hydrogen-bond donors (Lipinski definition) is 2. The first-order valence-electron chi connectivity index (χ1n) is 6.78. The quantitative estimate of drug-likeness (QED) is 0.652. The fraction of sp³-hybridized carbons (Fsp3) is 0.200. The number of thioether (sulfide) groups is 1. The van der Waals surface area contributed by atoms with E-state index < -0.39 is 17.2 Å². The molecule has 0 bridgehead atoms. The number of hydrogen-bond acceptors (Lipinski definition) is 5. The molecule has 0 aliphatic heterocycles. The molecule has 1 aromatic heterocycles. The molecule has 6 nitrogen and oxygen atoms in total. The molecule has 2 rings (SSSR count). The molecule has 0 saturated carbocycles. The van der Waals surface area contributed by atoms with Gasteiger partial charge in [0, 0.05) is 18.9 Å². The number of amides is 3. The maximum absolute atomic E-state index is 12.4. The molecule has 1 heterocycles. The minimum atomic E-state index is -0.605. The van der Waals surface area contributed by atoms with Crippen LogP contribution in [0.15, 0.2) is 53.9 Å². The van der Waals surface area contributed by atoms with Crippen molar-refractivity contribution in [3.63, 3.8) is 0 Å². The van der Waals surface area contributed by atoms with Gasteiger partial charge in [0.05, 0.1) is 0 Å². The van der Waals surface area contributed by atoms with Crippen molar-refractivity contribution in [3.05, 3.63) is 54.4 Å². The van der Waals surface area contributed by atoms with Gasteiger partial charge in [0.1, 0.15) is 5.25 Å². The summed E-state index contributed by atoms with van der Waals surface area (Å²) >= 11 is 1.20. The zero-order valence-electron chi connectivity index (χ0n) is 12.0. The van der Waals surface area contributed by atoms with Crippen molar-refractivity contribution in [3.8, 4) is 0 Å². The van der Waals surface area contributed by atoms with Crippen LogP contribution >= 0.6 is 11.8 Å². The van der Waals surface area contributed by atoms with Crippen molar-refractivity contribution in [2.24, 2.45) is 0 Å². The summed E-state index contributed by atoms with van der Waals surface area (Å²) < 4.78 is 0. The van der Waals surface area contributed by atoms with Gasteiger partial charge in [0.2, 0.25) is 5.91 Å². The number of benzene rings is 1. The maximum Gasteiger partial charge on any atom is 0.321 e. The molecule has 1 aromatic carbocycles. The third-order valence-electron chi connectivity index (χ3n) is 2.68. The zero-order chi connectivity index (χ0) is 15.8. The third kappa shape index (κ3) is 4.56. The second-order valence-corrected chi connectivity index (χ2v) is 5.36. The van der Waals surface area contributed by atoms with E-state index >= 15 is 0 Å². The maximum atomic E-state index is 12.4. The summed E-state index contributed by atoms with van der Waals surface area (Å²) in [6.45, 7) is 2.23. The lowest BCUT2D eigenvalue weighted by atomic mass is 10.1. The highest BCUT2D eigenvalue weighted by molar-refractivity contribution is 8.00. The summed E-state index contributed by atoms with van der Waals surface area (Å²) in [5.41, 5.74) is 0.779. The van der Waals surface area contributed by atoms with Crippen LogP contribution in [0.3, 0.4) is 0 Å². The lowest BCUT2D eigenvalue weighted by Gasteiger charge is -2.15. The van der Waals surface area contributed by atoms with E-state index in [4.69, 9.17) is 0 Å². The van der Waals surface area contributed by atoms with Crippen molar-refractivity contribution in [2.45, 2.75) is 17.3 Å². The van der Waals surface area contributed by atoms with Crippen LogP contribution in [0.4, 0.5) is 4.79 Å². The Morgan fingerprint density at radius 1 is 1.14 bits per heavy atom. The van der Waals surface area contributed by atoms with Gasteiger partial charge in [0.25, 0.3) is 0 Å². The molecule has 0 saturated heterocycles. The Hall–Kier alpha value is -2.41. The number of nitrogens with one attached hydrogen (secondary N) is 2. The van der Waals surface area contributed by atoms with Crippen molar-refractivity contribution < 1.29 is 9.59 Å². The molecule has 0 aliphatic carbocycles. The second-order valence-electron chi connectivity index (χ2n) is 4.29. The Bertz CT molecular complexity index is 622. The van der Waals surface area contributed by atoms with Gasteiger partial charge in [-0.1, -0.05) is 42.1 Å². The lowest BCUT2D eigenvalue weighted by molar-refractivity contribution is -0.119. The van der Waals surface area contributed by atoms with E-state index in [1.54, 1.807) is 25.4 Å². The number of rotatable bonds is 5. The third-order valence-corrected chi connectivity index (χ3v) is 3.82. The number of nitrogens with zero attached hydrogens (tertiary/aromatic N) is 2. The van der Waals surface area contributed by atoms with E-state index in [-0.39, 0.29) is 0 Å². The van der Waals surface area contributed by atoms with Crippen molar-refractivity contribution in [1.29, 1.82) is 0 Å². The molecule has 0 unspecified atom stereocenters. The van der Waals surface area contributed by atoms with Crippen LogP contribution in [0, 0.1) is 0 Å². The second kappa shape index (κ2) is 8.14. The SMILES string of the molecule is CCNC(=O)NC(=O)[C@@H](Sc1ncccn1)c1ccccc1. The van der Waals surface area contributed by atoms with Gasteiger partial charge < -0.3 is 5.32 Å². The van der Waals surface area contributed by atoms with Gasteiger partial charge in [-0.3, -0.25) is 10.1 Å². The highest BCUT2D eigenvalue weighted by Gasteiger charge is 2.24. The highest BCUT2D eigenvalue weighted by atomic mass is 32.2. The summed E-state index contributed by atoms with van der Waals surface area (Å²) in [4.78, 5) is 32.2. The largest absolute Gasteiger partial charge is 0.338 e. The summed E-state index contributed by atoms with van der Waals surface area (Å²) in [6.07, 6.45) is 3.22. The normalized spacial score (nSPS) is 11.5. The van der Waals surface area contributed by atoms with Crippen LogP contribution in [-0.2, 0) is 4.79 Å². The molecule has 7 heteroatoms. The van der Waals surface area contributed by atoms with Gasteiger partial charge in [0.15, 0.2) is 5.16 Å². The van der Waals surface area contributed by atoms with E-state index in [1.165, 1.54) is 11.8 Å². The Kier molecular flexibility index (Phi) is 5.91. The molecule has 0 radical (unpaired) electrons. The van der Waals surface area contributed by atoms with E-state index in [9.17, 15) is 9.59 Å². The monoisotopic (exact) mass is 316 g/mol. The first-order valence-corrected chi connectivity index (χ1v) is 7.66. The van der Waals surface area contributed by atoms with E-state index in [0.717, 1.165) is 5.56 Å². The van der Waals surface area contributed by atoms with Crippen LogP contribution in [0.1, 0.15) is 17.7 Å². The summed E-state index contributed by atoms with van der Waals surface area (Å²) in [5, 5.41) is 4.74. The number of carbonyl (C=O) groups is 2. The molecular weight excluding hydrogens is 300 g/mol.